The third-order valence-corrected chi connectivity index (χ3v) is 1.33. The molecule has 0 bridgehead atoms. The van der Waals surface area contributed by atoms with Crippen LogP contribution in [0, 0.1) is 0 Å². The van der Waals surface area contributed by atoms with Crippen LogP contribution in [0.1, 0.15) is 25.7 Å². The molecule has 0 aliphatic heterocycles. The first kappa shape index (κ1) is 11.7. The molecule has 0 atom stereocenters. The van der Waals surface area contributed by atoms with Gasteiger partial charge in [-0.25, -0.2) is 0 Å². The van der Waals surface area contributed by atoms with E-state index in [1.807, 2.05) is 0 Å². The minimum atomic E-state index is -0.226. The Bertz CT molecular complexity index is 95.3. The zero-order valence-corrected chi connectivity index (χ0v) is 9.38. The van der Waals surface area contributed by atoms with Crippen molar-refractivity contribution in [2.75, 3.05) is 0 Å². The average molecular weight is 282 g/mol. The fraction of sp³-hybridized carbons (Fsp3) is 0.500. The van der Waals surface area contributed by atoms with E-state index in [0.717, 1.165) is 0 Å². The van der Waals surface area contributed by atoms with Crippen LogP contribution in [0.4, 0.5) is 0 Å². The molecule has 0 saturated heterocycles. The van der Waals surface area contributed by atoms with Crippen LogP contribution < -0.4 is 0 Å². The topological polar surface area (TPSA) is 0 Å². The number of rotatable bonds is 0. The van der Waals surface area contributed by atoms with Crippen LogP contribution in [0.2, 0.25) is 0 Å². The van der Waals surface area contributed by atoms with Crippen molar-refractivity contribution in [3.05, 3.63) is 24.3 Å². The fourth-order valence-corrected chi connectivity index (χ4v) is 0.856. The van der Waals surface area contributed by atoms with Crippen LogP contribution in [0.3, 0.4) is 0 Å². The first-order valence-corrected chi connectivity index (χ1v) is 7.77. The second-order valence-corrected chi connectivity index (χ2v) is 4.63. The minimum absolute atomic E-state index is 0.226. The molecule has 67 valence electrons. The Morgan fingerprint density at radius 1 is 0.727 bits per heavy atom. The van der Waals surface area contributed by atoms with Crippen molar-refractivity contribution in [1.82, 2.24) is 0 Å². The van der Waals surface area contributed by atoms with Gasteiger partial charge < -0.3 is 0 Å². The summed E-state index contributed by atoms with van der Waals surface area (Å²) in [7, 11) is 9.67. The standard InChI is InChI=1S/C8H12.2ClH.Rh/c1-2-4-6-8-7-5-3-1;;;/h1-2,7-8H,3-6H2;2*1H;/q;;;+2/p-2. The van der Waals surface area contributed by atoms with E-state index < -0.39 is 0 Å². The first-order valence-electron chi connectivity index (χ1n) is 3.55. The van der Waals surface area contributed by atoms with Gasteiger partial charge in [0, 0.05) is 0 Å². The molecule has 0 unspecified atom stereocenters. The predicted octanol–water partition coefficient (Wildman–Crippen LogP) is 4.05. The molecule has 0 amide bonds. The normalized spacial score (nSPS) is 16.5. The molecule has 0 aromatic heterocycles. The summed E-state index contributed by atoms with van der Waals surface area (Å²) < 4.78 is 0. The molecule has 0 saturated carbocycles. The predicted molar refractivity (Wildman–Crippen MR) is 48.5 cm³/mol. The summed E-state index contributed by atoms with van der Waals surface area (Å²) in [6.07, 6.45) is 14.0. The first-order chi connectivity index (χ1) is 5.41. The second kappa shape index (κ2) is 10.7. The van der Waals surface area contributed by atoms with E-state index in [1.54, 1.807) is 0 Å². The molecule has 0 aromatic rings. The van der Waals surface area contributed by atoms with Gasteiger partial charge in [-0.1, -0.05) is 24.3 Å². The molecule has 11 heavy (non-hydrogen) atoms. The monoisotopic (exact) mass is 281 g/mol. The summed E-state index contributed by atoms with van der Waals surface area (Å²) in [5, 5.41) is 0. The van der Waals surface area contributed by atoms with Gasteiger partial charge in [0.05, 0.1) is 0 Å². The molecule has 0 spiro atoms. The number of hydrogen-bond donors (Lipinski definition) is 0. The number of hydrogen-bond acceptors (Lipinski definition) is 0. The van der Waals surface area contributed by atoms with Crippen LogP contribution in [-0.2, 0) is 15.1 Å². The molecule has 1 aliphatic carbocycles. The van der Waals surface area contributed by atoms with Gasteiger partial charge in [-0.15, -0.1) is 0 Å². The Labute approximate surface area is 84.3 Å². The summed E-state index contributed by atoms with van der Waals surface area (Å²) in [6, 6.07) is 0. The van der Waals surface area contributed by atoms with Crippen molar-refractivity contribution in [2.24, 2.45) is 0 Å². The van der Waals surface area contributed by atoms with Crippen molar-refractivity contribution in [3.63, 3.8) is 0 Å². The molecule has 0 aromatic carbocycles. The van der Waals surface area contributed by atoms with Gasteiger partial charge in [0.25, 0.3) is 0 Å². The molecule has 0 nitrogen and oxygen atoms in total. The van der Waals surface area contributed by atoms with E-state index in [1.165, 1.54) is 25.7 Å². The van der Waals surface area contributed by atoms with Crippen molar-refractivity contribution in [2.45, 2.75) is 25.7 Å². The van der Waals surface area contributed by atoms with E-state index in [0.29, 0.717) is 0 Å². The van der Waals surface area contributed by atoms with E-state index >= 15 is 0 Å². The van der Waals surface area contributed by atoms with E-state index in [-0.39, 0.29) is 15.1 Å². The average Bonchev–Trinajstić information content (AvgIpc) is 1.86. The number of halogens is 2. The van der Waals surface area contributed by atoms with Crippen LogP contribution in [0.25, 0.3) is 0 Å². The van der Waals surface area contributed by atoms with Crippen molar-refractivity contribution < 1.29 is 15.1 Å². The van der Waals surface area contributed by atoms with Gasteiger partial charge in [-0.3, -0.25) is 0 Å². The van der Waals surface area contributed by atoms with Crippen LogP contribution in [0.5, 0.6) is 0 Å². The Hall–Kier alpha value is 0.683. The molecule has 3 heteroatoms. The van der Waals surface area contributed by atoms with Crippen LogP contribution in [0.15, 0.2) is 24.3 Å². The third-order valence-electron chi connectivity index (χ3n) is 1.33. The van der Waals surface area contributed by atoms with Crippen molar-refractivity contribution in [3.8, 4) is 0 Å². The fourth-order valence-electron chi connectivity index (χ4n) is 0.856. The molecule has 0 fully saturated rings. The Balaban J connectivity index is 0.000000292. The van der Waals surface area contributed by atoms with Crippen molar-refractivity contribution >= 4 is 19.4 Å². The second-order valence-electron chi connectivity index (χ2n) is 2.15. The Morgan fingerprint density at radius 2 is 0.909 bits per heavy atom. The molecule has 0 radical (unpaired) electrons. The van der Waals surface area contributed by atoms with E-state index in [9.17, 15) is 0 Å². The maximum atomic E-state index is 4.83. The summed E-state index contributed by atoms with van der Waals surface area (Å²) in [5.74, 6) is 0. The molecule has 0 N–H and O–H groups in total. The third kappa shape index (κ3) is 10.7. The zero-order chi connectivity index (χ0) is 8.36. The zero-order valence-electron chi connectivity index (χ0n) is 6.23. The summed E-state index contributed by atoms with van der Waals surface area (Å²) >= 11 is -0.226. The molecule has 1 rings (SSSR count). The van der Waals surface area contributed by atoms with E-state index in [4.69, 9.17) is 19.4 Å². The van der Waals surface area contributed by atoms with Gasteiger partial charge in [-0.2, -0.15) is 0 Å². The molecular formula is C8H12Cl2Rh. The quantitative estimate of drug-likeness (QED) is 0.464. The SMILES string of the molecule is C1=CCCC=CCC1.[Cl][Rh][Cl]. The molecule has 0 heterocycles. The summed E-state index contributed by atoms with van der Waals surface area (Å²) in [6.45, 7) is 0. The van der Waals surface area contributed by atoms with Gasteiger partial charge in [0.1, 0.15) is 0 Å². The van der Waals surface area contributed by atoms with Gasteiger partial charge in [0.15, 0.2) is 0 Å². The van der Waals surface area contributed by atoms with Gasteiger partial charge >= 0.3 is 34.5 Å². The summed E-state index contributed by atoms with van der Waals surface area (Å²) in [4.78, 5) is 0. The number of allylic oxidation sites excluding steroid dienone is 4. The van der Waals surface area contributed by atoms with Crippen LogP contribution in [-0.4, -0.2) is 0 Å². The Kier molecular flexibility index (Phi) is 11.3. The molecule has 1 aliphatic rings. The summed E-state index contributed by atoms with van der Waals surface area (Å²) in [5.41, 5.74) is 0. The van der Waals surface area contributed by atoms with Gasteiger partial charge in [-0.05, 0) is 25.7 Å². The van der Waals surface area contributed by atoms with Crippen molar-refractivity contribution in [1.29, 1.82) is 0 Å². The van der Waals surface area contributed by atoms with Crippen LogP contribution >= 0.6 is 19.4 Å². The van der Waals surface area contributed by atoms with Gasteiger partial charge in [0.2, 0.25) is 0 Å². The maximum absolute atomic E-state index is 4.83. The Morgan fingerprint density at radius 3 is 1.09 bits per heavy atom. The van der Waals surface area contributed by atoms with E-state index in [2.05, 4.69) is 24.3 Å². The molecular weight excluding hydrogens is 270 g/mol.